The highest BCUT2D eigenvalue weighted by atomic mass is 16.3. The molecule has 0 spiro atoms. The van der Waals surface area contributed by atoms with Crippen LogP contribution in [0.4, 0.5) is 11.4 Å². The van der Waals surface area contributed by atoms with Crippen LogP contribution in [0.25, 0.3) is 90.5 Å². The normalized spacial score (nSPS) is 13.6. The number of amidine groups is 2. The Hall–Kier alpha value is -8.80. The van der Waals surface area contributed by atoms with Gasteiger partial charge in [-0.2, -0.15) is 0 Å². The lowest BCUT2D eigenvalue weighted by molar-refractivity contribution is 0.589. The van der Waals surface area contributed by atoms with Gasteiger partial charge in [-0.05, 0) is 97.1 Å². The minimum absolute atomic E-state index is 0.00107. The number of aromatic nitrogens is 8. The van der Waals surface area contributed by atoms with Crippen LogP contribution in [0.15, 0.2) is 116 Å². The van der Waals surface area contributed by atoms with Crippen molar-refractivity contribution in [3.05, 3.63) is 108 Å². The van der Waals surface area contributed by atoms with E-state index in [1.165, 1.54) is 0 Å². The molecule has 8 heterocycles. The molecule has 0 radical (unpaired) electrons. The summed E-state index contributed by atoms with van der Waals surface area (Å²) in [4.78, 5) is 44.5. The molecule has 10 aromatic rings. The Morgan fingerprint density at radius 3 is 1.13 bits per heavy atom. The van der Waals surface area contributed by atoms with Gasteiger partial charge in [-0.1, -0.05) is 0 Å². The summed E-state index contributed by atoms with van der Waals surface area (Å²) < 4.78 is 12.1. The third kappa shape index (κ3) is 6.66. The van der Waals surface area contributed by atoms with Crippen LogP contribution >= 0.6 is 0 Å². The Kier molecular flexibility index (Phi) is 8.48. The summed E-state index contributed by atoms with van der Waals surface area (Å²) in [6, 6.07) is 30.5. The molecule has 304 valence electrons. The van der Waals surface area contributed by atoms with Gasteiger partial charge in [-0.25, -0.2) is 19.9 Å². The molecule has 0 fully saturated rings. The minimum atomic E-state index is 0.00107. The average molecular weight is 821 g/mol. The fourth-order valence-corrected chi connectivity index (χ4v) is 7.51. The standard InChI is InChI=1S/C24H20N8O.C20H16N8O/c1-3-17-19(11-15(1)31-9-7-25-13-31)29-23(27-17)21-5-6-22(33-21)24-28-18-4-2-16(12-20(18)30-24)32-10-8-26-14-32;21-17(22)9-1-3-11-13(7-9)27-19(25-11)15-5-6-16(29-15)20-26-12-4-2-10(18(23)24)8-14(12)28-20/h1-6,11-14H,7-10H2,(H,27,29)(H,28,30);1-8H,(H3,21,22)(H3,23,24)(H,25,27)(H,26,28). The van der Waals surface area contributed by atoms with Crippen LogP contribution in [0.1, 0.15) is 11.1 Å². The Balaban J connectivity index is 0.000000141. The van der Waals surface area contributed by atoms with E-state index in [-0.39, 0.29) is 11.7 Å². The fraction of sp³-hybridized carbons (Fsp3) is 0.0909. The maximum atomic E-state index is 7.56. The third-order valence-corrected chi connectivity index (χ3v) is 10.7. The van der Waals surface area contributed by atoms with Gasteiger partial charge in [0.25, 0.3) is 0 Å². The average Bonchev–Trinajstić information content (AvgIpc) is 4.14. The van der Waals surface area contributed by atoms with E-state index in [0.717, 1.165) is 81.7 Å². The molecule has 62 heavy (non-hydrogen) atoms. The van der Waals surface area contributed by atoms with Crippen molar-refractivity contribution in [1.82, 2.24) is 39.9 Å². The molecular formula is C44H36N16O2. The minimum Gasteiger partial charge on any atom is -0.450 e. The summed E-state index contributed by atoms with van der Waals surface area (Å²) >= 11 is 0. The number of H-pyrrole nitrogens is 4. The second kappa shape index (κ2) is 14.5. The summed E-state index contributed by atoms with van der Waals surface area (Å²) in [6.45, 7) is 3.46. The van der Waals surface area contributed by atoms with E-state index in [4.69, 9.17) is 41.1 Å². The highest BCUT2D eigenvalue weighted by Crippen LogP contribution is 2.32. The molecule has 0 amide bonds. The van der Waals surface area contributed by atoms with Gasteiger partial charge in [-0.15, -0.1) is 0 Å². The Labute approximate surface area is 350 Å². The maximum Gasteiger partial charge on any atom is 0.174 e. The lowest BCUT2D eigenvalue weighted by Gasteiger charge is -2.13. The quantitative estimate of drug-likeness (QED) is 0.0574. The molecule has 2 aliphatic rings. The van der Waals surface area contributed by atoms with Gasteiger partial charge in [-0.3, -0.25) is 20.8 Å². The predicted molar refractivity (Wildman–Crippen MR) is 241 cm³/mol. The van der Waals surface area contributed by atoms with Crippen LogP contribution in [0, 0.1) is 10.8 Å². The van der Waals surface area contributed by atoms with Crippen LogP contribution in [0.5, 0.6) is 0 Å². The van der Waals surface area contributed by atoms with Crippen molar-refractivity contribution in [3.8, 4) is 46.3 Å². The summed E-state index contributed by atoms with van der Waals surface area (Å²) in [5.41, 5.74) is 21.3. The molecule has 4 aromatic carbocycles. The molecule has 6 aromatic heterocycles. The molecule has 0 aliphatic carbocycles. The number of nitrogens with two attached hydrogens (primary N) is 2. The molecule has 18 nitrogen and oxygen atoms in total. The highest BCUT2D eigenvalue weighted by Gasteiger charge is 2.18. The second-order valence-corrected chi connectivity index (χ2v) is 14.8. The van der Waals surface area contributed by atoms with Crippen molar-refractivity contribution in [3.63, 3.8) is 0 Å². The van der Waals surface area contributed by atoms with E-state index in [2.05, 4.69) is 74.0 Å². The smallest absolute Gasteiger partial charge is 0.174 e. The molecule has 18 heteroatoms. The fourth-order valence-electron chi connectivity index (χ4n) is 7.51. The maximum absolute atomic E-state index is 7.56. The van der Waals surface area contributed by atoms with Crippen molar-refractivity contribution in [1.29, 1.82) is 10.8 Å². The second-order valence-electron chi connectivity index (χ2n) is 14.8. The number of imidazole rings is 4. The number of hydrogen-bond acceptors (Lipinski definition) is 12. The molecule has 0 saturated carbocycles. The molecule has 0 unspecified atom stereocenters. The first-order valence-corrected chi connectivity index (χ1v) is 19.7. The summed E-state index contributed by atoms with van der Waals surface area (Å²) in [5, 5.41) is 15.1. The first-order valence-electron chi connectivity index (χ1n) is 19.7. The number of aliphatic imine (C=N–C) groups is 2. The van der Waals surface area contributed by atoms with Gasteiger partial charge >= 0.3 is 0 Å². The molecule has 12 rings (SSSR count). The first kappa shape index (κ1) is 36.3. The monoisotopic (exact) mass is 820 g/mol. The zero-order chi connectivity index (χ0) is 41.9. The first-order chi connectivity index (χ1) is 30.3. The van der Waals surface area contributed by atoms with Crippen LogP contribution in [-0.4, -0.2) is 90.4 Å². The van der Waals surface area contributed by atoms with Gasteiger partial charge in [0, 0.05) is 35.6 Å². The van der Waals surface area contributed by atoms with Gasteiger partial charge in [0.2, 0.25) is 0 Å². The number of anilines is 2. The Morgan fingerprint density at radius 1 is 0.468 bits per heavy atom. The Morgan fingerprint density at radius 2 is 0.806 bits per heavy atom. The molecule has 0 atom stereocenters. The summed E-state index contributed by atoms with van der Waals surface area (Å²) in [6.07, 6.45) is 3.76. The topological polar surface area (TPSA) is 272 Å². The number of nitrogen functional groups attached to an aromatic ring is 2. The molecule has 10 N–H and O–H groups in total. The Bertz CT molecular complexity index is 3210. The zero-order valence-electron chi connectivity index (χ0n) is 32.8. The van der Waals surface area contributed by atoms with E-state index < -0.39 is 0 Å². The lowest BCUT2D eigenvalue weighted by Crippen LogP contribution is -2.17. The van der Waals surface area contributed by atoms with E-state index in [1.54, 1.807) is 24.3 Å². The van der Waals surface area contributed by atoms with Gasteiger partial charge in [0.1, 0.15) is 11.7 Å². The van der Waals surface area contributed by atoms with Crippen molar-refractivity contribution >= 4 is 79.9 Å². The number of benzene rings is 4. The molecule has 0 bridgehead atoms. The van der Waals surface area contributed by atoms with E-state index in [1.807, 2.05) is 61.2 Å². The van der Waals surface area contributed by atoms with Crippen LogP contribution in [0.3, 0.4) is 0 Å². The molecular weight excluding hydrogens is 785 g/mol. The van der Waals surface area contributed by atoms with E-state index in [9.17, 15) is 0 Å². The van der Waals surface area contributed by atoms with Crippen molar-refractivity contribution in [2.24, 2.45) is 21.5 Å². The van der Waals surface area contributed by atoms with Gasteiger partial charge in [0.15, 0.2) is 46.3 Å². The predicted octanol–water partition coefficient (Wildman–Crippen LogP) is 7.00. The van der Waals surface area contributed by atoms with E-state index in [0.29, 0.717) is 57.5 Å². The van der Waals surface area contributed by atoms with Crippen molar-refractivity contribution in [2.75, 3.05) is 36.0 Å². The van der Waals surface area contributed by atoms with Gasteiger partial charge in [0.05, 0.1) is 69.9 Å². The largest absolute Gasteiger partial charge is 0.450 e. The lowest BCUT2D eigenvalue weighted by atomic mass is 10.2. The number of fused-ring (bicyclic) bond motifs is 4. The highest BCUT2D eigenvalue weighted by molar-refractivity contribution is 5.99. The van der Waals surface area contributed by atoms with E-state index >= 15 is 0 Å². The van der Waals surface area contributed by atoms with Crippen LogP contribution in [-0.2, 0) is 0 Å². The molecule has 0 saturated heterocycles. The number of furan rings is 2. The van der Waals surface area contributed by atoms with Crippen LogP contribution in [0.2, 0.25) is 0 Å². The molecule has 2 aliphatic heterocycles. The number of nitrogens with one attached hydrogen (secondary N) is 6. The van der Waals surface area contributed by atoms with Crippen molar-refractivity contribution < 1.29 is 8.83 Å². The summed E-state index contributed by atoms with van der Waals surface area (Å²) in [5.74, 6) is 4.98. The number of hydrogen-bond donors (Lipinski definition) is 8. The SMILES string of the molecule is C1=NCCN1c1ccc2nc(-c3ccc(-c4nc5ccc(N6C=NCC6)cc5[nH]4)o3)[nH]c2c1.N=C(N)c1ccc2nc(-c3ccc(-c4nc5ccc(C(=N)N)cc5[nH]4)o3)[nH]c2c1. The van der Waals surface area contributed by atoms with Crippen molar-refractivity contribution in [2.45, 2.75) is 0 Å². The van der Waals surface area contributed by atoms with Gasteiger partial charge < -0.3 is 50.0 Å². The number of aromatic amines is 4. The number of rotatable bonds is 8. The summed E-state index contributed by atoms with van der Waals surface area (Å²) in [7, 11) is 0. The third-order valence-electron chi connectivity index (χ3n) is 10.7. The van der Waals surface area contributed by atoms with Crippen LogP contribution < -0.4 is 21.3 Å². The zero-order valence-corrected chi connectivity index (χ0v) is 32.8. The number of nitrogens with zero attached hydrogens (tertiary/aromatic N) is 8.